The largest absolute Gasteiger partial charge is 0.469 e. The van der Waals surface area contributed by atoms with Crippen LogP contribution in [0.3, 0.4) is 0 Å². The Labute approximate surface area is 112 Å². The Morgan fingerprint density at radius 3 is 2.84 bits per heavy atom. The Hall–Kier alpha value is -2.10. The molecule has 100 valence electrons. The van der Waals surface area contributed by atoms with Crippen molar-refractivity contribution in [3.05, 3.63) is 41.3 Å². The zero-order valence-electron chi connectivity index (χ0n) is 11.5. The van der Waals surface area contributed by atoms with Gasteiger partial charge in [-0.15, -0.1) is 0 Å². The fourth-order valence-corrected chi connectivity index (χ4v) is 2.04. The van der Waals surface area contributed by atoms with E-state index in [1.807, 2.05) is 19.1 Å². The van der Waals surface area contributed by atoms with Crippen molar-refractivity contribution in [3.63, 3.8) is 0 Å². The van der Waals surface area contributed by atoms with Crippen molar-refractivity contribution in [2.24, 2.45) is 0 Å². The Balaban J connectivity index is 2.19. The fourth-order valence-electron chi connectivity index (χ4n) is 2.04. The number of benzene rings is 1. The van der Waals surface area contributed by atoms with E-state index in [0.29, 0.717) is 12.8 Å². The Kier molecular flexibility index (Phi) is 4.00. The van der Waals surface area contributed by atoms with E-state index in [-0.39, 0.29) is 5.97 Å². The van der Waals surface area contributed by atoms with Crippen LogP contribution in [0.5, 0.6) is 0 Å². The van der Waals surface area contributed by atoms with Crippen LogP contribution >= 0.6 is 0 Å². The van der Waals surface area contributed by atoms with Gasteiger partial charge in [-0.1, -0.05) is 23.8 Å². The van der Waals surface area contributed by atoms with Gasteiger partial charge in [-0.2, -0.15) is 0 Å². The predicted octanol–water partition coefficient (Wildman–Crippen LogP) is 2.80. The van der Waals surface area contributed by atoms with Gasteiger partial charge in [0, 0.05) is 17.7 Å². The van der Waals surface area contributed by atoms with Gasteiger partial charge in [-0.05, 0) is 19.9 Å². The molecule has 0 aliphatic rings. The van der Waals surface area contributed by atoms with E-state index < -0.39 is 0 Å². The minimum atomic E-state index is -0.217. The van der Waals surface area contributed by atoms with E-state index in [1.165, 1.54) is 12.7 Å². The number of aromatic nitrogens is 2. The summed E-state index contributed by atoms with van der Waals surface area (Å²) in [6.07, 6.45) is 0.913. The molecule has 0 spiro atoms. The number of nitrogens with one attached hydrogen (secondary N) is 1. The lowest BCUT2D eigenvalue weighted by Gasteiger charge is -1.99. The summed E-state index contributed by atoms with van der Waals surface area (Å²) in [5.41, 5.74) is 4.27. The highest BCUT2D eigenvalue weighted by Crippen LogP contribution is 2.22. The molecule has 1 N–H and O–H groups in total. The third kappa shape index (κ3) is 3.22. The van der Waals surface area contributed by atoms with Gasteiger partial charge in [0.2, 0.25) is 0 Å². The van der Waals surface area contributed by atoms with Gasteiger partial charge < -0.3 is 9.72 Å². The number of hydrogen-bond donors (Lipinski definition) is 1. The summed E-state index contributed by atoms with van der Waals surface area (Å²) in [5, 5.41) is 0. The molecular weight excluding hydrogens is 240 g/mol. The maximum Gasteiger partial charge on any atom is 0.305 e. The summed E-state index contributed by atoms with van der Waals surface area (Å²) in [6, 6.07) is 8.23. The number of H-pyrrole nitrogens is 1. The third-order valence-electron chi connectivity index (χ3n) is 3.02. The van der Waals surface area contributed by atoms with Gasteiger partial charge in [0.05, 0.1) is 19.2 Å². The minimum Gasteiger partial charge on any atom is -0.469 e. The quantitative estimate of drug-likeness (QED) is 0.858. The second-order valence-electron chi connectivity index (χ2n) is 4.60. The number of esters is 1. The van der Waals surface area contributed by atoms with Crippen LogP contribution in [-0.2, 0) is 16.0 Å². The Morgan fingerprint density at radius 2 is 2.16 bits per heavy atom. The van der Waals surface area contributed by atoms with E-state index in [2.05, 4.69) is 33.8 Å². The molecule has 1 aromatic carbocycles. The Morgan fingerprint density at radius 1 is 1.37 bits per heavy atom. The lowest BCUT2D eigenvalue weighted by atomic mass is 10.1. The number of methoxy groups -OCH3 is 1. The molecule has 2 rings (SSSR count). The molecule has 0 saturated heterocycles. The van der Waals surface area contributed by atoms with E-state index in [0.717, 1.165) is 22.8 Å². The molecule has 1 aromatic heterocycles. The summed E-state index contributed by atoms with van der Waals surface area (Å²) < 4.78 is 4.63. The number of carbonyl (C=O) groups is 1. The summed E-state index contributed by atoms with van der Waals surface area (Å²) in [5.74, 6) is 0.602. The molecule has 0 unspecified atom stereocenters. The van der Waals surface area contributed by atoms with Crippen molar-refractivity contribution < 1.29 is 9.53 Å². The summed E-state index contributed by atoms with van der Waals surface area (Å²) >= 11 is 0. The van der Waals surface area contributed by atoms with Crippen LogP contribution in [0.4, 0.5) is 0 Å². The van der Waals surface area contributed by atoms with Crippen LogP contribution in [0.25, 0.3) is 11.3 Å². The second kappa shape index (κ2) is 5.69. The topological polar surface area (TPSA) is 55.0 Å². The smallest absolute Gasteiger partial charge is 0.305 e. The van der Waals surface area contributed by atoms with Crippen LogP contribution in [0.1, 0.15) is 23.5 Å². The summed E-state index contributed by atoms with van der Waals surface area (Å²) in [6.45, 7) is 4.05. The second-order valence-corrected chi connectivity index (χ2v) is 4.60. The highest BCUT2D eigenvalue weighted by molar-refractivity contribution is 5.69. The Bertz CT molecular complexity index is 588. The lowest BCUT2D eigenvalue weighted by Crippen LogP contribution is -2.02. The SMILES string of the molecule is COC(=O)CCc1nc(-c2cccc(C)c2)c(C)[nH]1. The van der Waals surface area contributed by atoms with Gasteiger partial charge in [0.25, 0.3) is 0 Å². The summed E-state index contributed by atoms with van der Waals surface area (Å²) in [4.78, 5) is 18.9. The van der Waals surface area contributed by atoms with E-state index in [4.69, 9.17) is 0 Å². The molecule has 0 atom stereocenters. The maximum absolute atomic E-state index is 11.1. The van der Waals surface area contributed by atoms with Crippen molar-refractivity contribution in [3.8, 4) is 11.3 Å². The number of nitrogens with zero attached hydrogens (tertiary/aromatic N) is 1. The molecule has 0 aliphatic heterocycles. The van der Waals surface area contributed by atoms with Gasteiger partial charge >= 0.3 is 5.97 Å². The number of rotatable bonds is 4. The molecule has 4 heteroatoms. The first-order chi connectivity index (χ1) is 9.10. The number of carbonyl (C=O) groups excluding carboxylic acids is 1. The number of aromatic amines is 1. The standard InChI is InChI=1S/C15H18N2O2/c1-10-5-4-6-12(9-10)15-11(2)16-13(17-15)7-8-14(18)19-3/h4-6,9H,7-8H2,1-3H3,(H,16,17). The predicted molar refractivity (Wildman–Crippen MR) is 73.8 cm³/mol. The van der Waals surface area contributed by atoms with E-state index >= 15 is 0 Å². The van der Waals surface area contributed by atoms with Gasteiger partial charge in [-0.25, -0.2) is 4.98 Å². The number of hydrogen-bond acceptors (Lipinski definition) is 3. The third-order valence-corrected chi connectivity index (χ3v) is 3.02. The van der Waals surface area contributed by atoms with Crippen molar-refractivity contribution in [2.45, 2.75) is 26.7 Å². The molecule has 2 aromatic rings. The molecule has 4 nitrogen and oxygen atoms in total. The molecule has 0 amide bonds. The summed E-state index contributed by atoms with van der Waals surface area (Å²) in [7, 11) is 1.40. The van der Waals surface area contributed by atoms with E-state index in [1.54, 1.807) is 0 Å². The van der Waals surface area contributed by atoms with Gasteiger partial charge in [0.15, 0.2) is 0 Å². The number of aryl methyl sites for hydroxylation is 3. The highest BCUT2D eigenvalue weighted by Gasteiger charge is 2.10. The van der Waals surface area contributed by atoms with Crippen LogP contribution in [0.15, 0.2) is 24.3 Å². The van der Waals surface area contributed by atoms with Crippen LogP contribution < -0.4 is 0 Å². The molecule has 0 bridgehead atoms. The lowest BCUT2D eigenvalue weighted by molar-refractivity contribution is -0.140. The van der Waals surface area contributed by atoms with Crippen molar-refractivity contribution >= 4 is 5.97 Å². The first-order valence-electron chi connectivity index (χ1n) is 6.29. The molecule has 19 heavy (non-hydrogen) atoms. The van der Waals surface area contributed by atoms with Crippen molar-refractivity contribution in [1.82, 2.24) is 9.97 Å². The van der Waals surface area contributed by atoms with Crippen LogP contribution in [-0.4, -0.2) is 23.0 Å². The maximum atomic E-state index is 11.1. The fraction of sp³-hybridized carbons (Fsp3) is 0.333. The van der Waals surface area contributed by atoms with Crippen LogP contribution in [0, 0.1) is 13.8 Å². The average Bonchev–Trinajstić information content (AvgIpc) is 2.77. The monoisotopic (exact) mass is 258 g/mol. The molecular formula is C15H18N2O2. The average molecular weight is 258 g/mol. The molecule has 0 fully saturated rings. The molecule has 0 aliphatic carbocycles. The molecule has 0 saturated carbocycles. The zero-order chi connectivity index (χ0) is 13.8. The first-order valence-corrected chi connectivity index (χ1v) is 6.29. The van der Waals surface area contributed by atoms with Gasteiger partial charge in [0.1, 0.15) is 5.82 Å². The zero-order valence-corrected chi connectivity index (χ0v) is 11.5. The molecule has 1 heterocycles. The van der Waals surface area contributed by atoms with Gasteiger partial charge in [-0.3, -0.25) is 4.79 Å². The number of imidazole rings is 1. The number of ether oxygens (including phenoxy) is 1. The van der Waals surface area contributed by atoms with E-state index in [9.17, 15) is 4.79 Å². The normalized spacial score (nSPS) is 10.5. The van der Waals surface area contributed by atoms with Crippen molar-refractivity contribution in [2.75, 3.05) is 7.11 Å². The highest BCUT2D eigenvalue weighted by atomic mass is 16.5. The van der Waals surface area contributed by atoms with Crippen LogP contribution in [0.2, 0.25) is 0 Å². The molecule has 0 radical (unpaired) electrons. The van der Waals surface area contributed by atoms with Crippen molar-refractivity contribution in [1.29, 1.82) is 0 Å². The first kappa shape index (κ1) is 13.3. The minimum absolute atomic E-state index is 0.217.